The van der Waals surface area contributed by atoms with Gasteiger partial charge in [0.2, 0.25) is 5.91 Å². The number of carbonyl (C=O) groups is 1. The van der Waals surface area contributed by atoms with Crippen LogP contribution < -0.4 is 5.43 Å². The first-order valence-electron chi connectivity index (χ1n) is 26.1. The molecule has 1 aromatic heterocycles. The molecule has 5 aromatic rings. The quantitative estimate of drug-likeness (QED) is 0.0940. The second kappa shape index (κ2) is 16.7. The van der Waals surface area contributed by atoms with Gasteiger partial charge in [-0.1, -0.05) is 60.4 Å². The molecule has 53 heavy (non-hydrogen) atoms. The summed E-state index contributed by atoms with van der Waals surface area (Å²) in [6.45, 7) is -7.55. The van der Waals surface area contributed by atoms with E-state index in [1.165, 1.54) is 12.0 Å². The summed E-state index contributed by atoms with van der Waals surface area (Å²) in [7, 11) is 1.21. The summed E-state index contributed by atoms with van der Waals surface area (Å²) in [4.78, 5) is 30.9. The number of alkyl halides is 3. The SMILES string of the molecule is [2H]c1c([2H])c(F)c(F)c(C([2H])([2H])Sc2c([2H])c(=O)c3c([2H])c([2H])c([2H])c([2H])c3n2CC(=O)N(C2CCN(C([2H])([2H])COC)CC2)C([2H])([2H])c2c([2H])c([2H])c(-c3c([2H])c([2H])c(C(F)(F)F)c(C)c3[2H])c([2H])c2[2H])c1[2H]. The molecule has 1 aliphatic heterocycles. The number of ether oxygens (including phenoxy) is 1. The Kier molecular flexibility index (Phi) is 6.19. The van der Waals surface area contributed by atoms with Gasteiger partial charge in [-0.05, 0) is 66.2 Å². The highest BCUT2D eigenvalue weighted by Crippen LogP contribution is 2.34. The summed E-state index contributed by atoms with van der Waals surface area (Å²) >= 11 is -0.383. The number of pyridine rings is 1. The fraction of sp³-hybridized carbons (Fsp3) is 0.317. The molecule has 4 aromatic carbocycles. The molecule has 6 nitrogen and oxygen atoms in total. The van der Waals surface area contributed by atoms with Crippen LogP contribution in [0.25, 0.3) is 22.0 Å². The second-order valence-electron chi connectivity index (χ2n) is 11.3. The lowest BCUT2D eigenvalue weighted by Gasteiger charge is -2.39. The molecule has 1 saturated heterocycles. The Bertz CT molecular complexity index is 3160. The highest BCUT2D eigenvalue weighted by molar-refractivity contribution is 7.98. The van der Waals surface area contributed by atoms with Crippen molar-refractivity contribution < 1.29 is 60.3 Å². The number of likely N-dealkylation sites (tertiary alicyclic amines) is 1. The summed E-state index contributed by atoms with van der Waals surface area (Å²) in [6.07, 6.45) is -5.99. The zero-order valence-electron chi connectivity index (χ0n) is 48.7. The lowest BCUT2D eigenvalue weighted by atomic mass is 9.98. The first kappa shape index (κ1) is 19.7. The van der Waals surface area contributed by atoms with Gasteiger partial charge < -0.3 is 19.1 Å². The van der Waals surface area contributed by atoms with Crippen molar-refractivity contribution in [1.29, 1.82) is 0 Å². The molecule has 1 aliphatic rings. The maximum Gasteiger partial charge on any atom is 0.416 e. The molecule has 0 spiro atoms. The molecular weight excluding hydrogens is 710 g/mol. The van der Waals surface area contributed by atoms with Crippen LogP contribution in [0, 0.1) is 18.6 Å². The number of amides is 1. The second-order valence-corrected chi connectivity index (χ2v) is 12.1. The molecule has 0 radical (unpaired) electrons. The van der Waals surface area contributed by atoms with Crippen LogP contribution in [0.1, 0.15) is 63.9 Å². The average molecular weight is 771 g/mol. The summed E-state index contributed by atoms with van der Waals surface area (Å²) in [5.74, 6) is -5.78. The van der Waals surface area contributed by atoms with E-state index in [1.54, 1.807) is 0 Å². The van der Waals surface area contributed by atoms with Crippen molar-refractivity contribution >= 4 is 28.6 Å². The van der Waals surface area contributed by atoms with Gasteiger partial charge in [0.05, 0.1) is 46.0 Å². The van der Waals surface area contributed by atoms with Crippen LogP contribution in [0.5, 0.6) is 0 Å². The Labute approximate surface area is 338 Å². The highest BCUT2D eigenvalue weighted by Gasteiger charge is 2.32. The number of carbonyl (C=O) groups excluding carboxylic acids is 1. The van der Waals surface area contributed by atoms with E-state index in [4.69, 9.17) is 30.8 Å². The fourth-order valence-corrected chi connectivity index (χ4v) is 6.05. The molecule has 0 saturated carbocycles. The van der Waals surface area contributed by atoms with Gasteiger partial charge in [0.15, 0.2) is 17.1 Å². The molecule has 0 N–H and O–H groups in total. The van der Waals surface area contributed by atoms with Crippen LogP contribution >= 0.6 is 11.8 Å². The first-order valence-corrected chi connectivity index (χ1v) is 16.4. The Morgan fingerprint density at radius 2 is 1.70 bits per heavy atom. The predicted molar refractivity (Wildman–Crippen MR) is 198 cm³/mol. The van der Waals surface area contributed by atoms with Crippen molar-refractivity contribution in [3.05, 3.63) is 135 Å². The zero-order chi connectivity index (χ0) is 56.1. The van der Waals surface area contributed by atoms with E-state index < -0.39 is 207 Å². The van der Waals surface area contributed by atoms with Gasteiger partial charge in [0.1, 0.15) is 6.54 Å². The van der Waals surface area contributed by atoms with E-state index in [2.05, 4.69) is 0 Å². The number of halogens is 5. The van der Waals surface area contributed by atoms with Crippen molar-refractivity contribution in [3.63, 3.8) is 0 Å². The van der Waals surface area contributed by atoms with E-state index in [0.717, 1.165) is 6.92 Å². The molecule has 0 aliphatic carbocycles. The average Bonchev–Trinajstić information content (AvgIpc) is 3.30. The standard InChI is InChI=1S/C41H40F5N3O3S/c1-27-22-30(14-15-34(27)41(44,45)46)29-12-10-28(11-13-29)24-48(32-16-18-47(19-17-32)20-21-52-2)38(51)25-49-36-9-4-3-7-33(36)37(50)23-39(49)53-26-31-6-5-8-35(42)40(31)43/h3-15,22-23,32H,16-21,24-26H2,1-2H3/i3D,4D,5D,6D,7D,8D,9D,10D,11D,12D,13D,14D,15D,20D2,22D,23D,24D2,26D2. The topological polar surface area (TPSA) is 54.8 Å². The summed E-state index contributed by atoms with van der Waals surface area (Å²) < 4.78 is 260. The third kappa shape index (κ3) is 9.00. The van der Waals surface area contributed by atoms with Crippen LogP contribution in [-0.4, -0.2) is 59.6 Å². The van der Waals surface area contributed by atoms with Gasteiger partial charge in [0.25, 0.3) is 0 Å². The maximum absolute atomic E-state index is 15.6. The number of hydrogen-bond donors (Lipinski definition) is 0. The van der Waals surface area contributed by atoms with Gasteiger partial charge in [-0.25, -0.2) is 8.78 Å². The lowest BCUT2D eigenvalue weighted by Crippen LogP contribution is -2.48. The number of fused-ring (bicyclic) bond motifs is 1. The van der Waals surface area contributed by atoms with Crippen molar-refractivity contribution in [2.75, 3.05) is 33.3 Å². The number of hydrogen-bond acceptors (Lipinski definition) is 5. The lowest BCUT2D eigenvalue weighted by molar-refractivity contribution is -0.138. The number of rotatable bonds is 12. The fourth-order valence-electron chi connectivity index (χ4n) is 5.30. The normalized spacial score (nSPS) is 20.6. The molecule has 12 heteroatoms. The van der Waals surface area contributed by atoms with Gasteiger partial charge in [-0.15, -0.1) is 11.8 Å². The molecule has 2 heterocycles. The number of aromatic nitrogens is 1. The summed E-state index contributed by atoms with van der Waals surface area (Å²) in [6, 6.07) is -20.4. The van der Waals surface area contributed by atoms with E-state index >= 15 is 9.18 Å². The molecule has 1 amide bonds. The third-order valence-corrected chi connectivity index (χ3v) is 8.69. The number of benzene rings is 4. The minimum Gasteiger partial charge on any atom is -0.383 e. The van der Waals surface area contributed by atoms with Crippen molar-refractivity contribution in [1.82, 2.24) is 14.4 Å². The number of piperidine rings is 1. The number of methoxy groups -OCH3 is 1. The molecule has 0 bridgehead atoms. The Hall–Kier alpha value is -4.52. The highest BCUT2D eigenvalue weighted by atomic mass is 32.2. The largest absolute Gasteiger partial charge is 0.416 e. The smallest absolute Gasteiger partial charge is 0.383 e. The summed E-state index contributed by atoms with van der Waals surface area (Å²) in [5.41, 5.74) is -13.4. The van der Waals surface area contributed by atoms with Crippen LogP contribution in [0.15, 0.2) is 100 Å². The van der Waals surface area contributed by atoms with Gasteiger partial charge in [-0.3, -0.25) is 9.59 Å². The zero-order valence-corrected chi connectivity index (χ0v) is 28.5. The molecule has 1 fully saturated rings. The third-order valence-electron chi connectivity index (χ3n) is 7.87. The van der Waals surface area contributed by atoms with Gasteiger partial charge in [-0.2, -0.15) is 13.2 Å². The Morgan fingerprint density at radius 3 is 2.42 bits per heavy atom. The van der Waals surface area contributed by atoms with Gasteiger partial charge >= 0.3 is 6.18 Å². The summed E-state index contributed by atoms with van der Waals surface area (Å²) in [5, 5.41) is -2.08. The van der Waals surface area contributed by atoms with E-state index in [1.807, 2.05) is 0 Å². The minimum atomic E-state index is -5.25. The molecule has 6 rings (SSSR count). The van der Waals surface area contributed by atoms with Crippen LogP contribution in [-0.2, 0) is 34.5 Å². The first-order chi connectivity index (χ1) is 33.9. The molecule has 0 atom stereocenters. The van der Waals surface area contributed by atoms with Crippen LogP contribution in [0.3, 0.4) is 0 Å². The van der Waals surface area contributed by atoms with Crippen LogP contribution in [0.4, 0.5) is 22.0 Å². The number of nitrogens with zero attached hydrogens (tertiary/aromatic N) is 3. The van der Waals surface area contributed by atoms with E-state index in [0.29, 0.717) is 9.47 Å². The molecular formula is C41H40F5N3O3S. The monoisotopic (exact) mass is 770 g/mol. The van der Waals surface area contributed by atoms with E-state index in [-0.39, 0.29) is 37.7 Å². The van der Waals surface area contributed by atoms with E-state index in [9.17, 15) is 25.1 Å². The molecule has 278 valence electrons. The maximum atomic E-state index is 15.6. The van der Waals surface area contributed by atoms with Gasteiger partial charge in [0, 0.05) is 67.4 Å². The number of para-hydroxylation sites is 1. The Balaban J connectivity index is 1.64. The van der Waals surface area contributed by atoms with Crippen LogP contribution in [0.2, 0.25) is 0 Å². The van der Waals surface area contributed by atoms with Crippen molar-refractivity contribution in [3.8, 4) is 11.1 Å². The van der Waals surface area contributed by atoms with Crippen molar-refractivity contribution in [2.45, 2.75) is 55.8 Å². The Morgan fingerprint density at radius 1 is 0.981 bits per heavy atom. The number of thioether (sulfide) groups is 1. The van der Waals surface area contributed by atoms with Crippen molar-refractivity contribution in [2.24, 2.45) is 0 Å². The molecule has 0 unspecified atom stereocenters. The minimum absolute atomic E-state index is 0.282. The predicted octanol–water partition coefficient (Wildman–Crippen LogP) is 8.71.